The molecular formula is C20H21SSiZr-. The molecule has 6 rings (SSSR count). The summed E-state index contributed by atoms with van der Waals surface area (Å²) in [5.41, 5.74) is 4.20. The number of benzene rings is 1. The van der Waals surface area contributed by atoms with E-state index in [1.165, 1.54) is 15.6 Å². The first-order chi connectivity index (χ1) is 10.5. The molecule has 3 aliphatic rings. The fourth-order valence-electron chi connectivity index (χ4n) is 4.36. The van der Waals surface area contributed by atoms with E-state index in [4.69, 9.17) is 0 Å². The van der Waals surface area contributed by atoms with Gasteiger partial charge in [-0.15, -0.1) is 41.0 Å². The fraction of sp³-hybridized carbons (Fsp3) is 0.250. The Labute approximate surface area is 162 Å². The van der Waals surface area contributed by atoms with Crippen molar-refractivity contribution < 1.29 is 26.2 Å². The molecule has 2 aromatic carbocycles. The molecule has 1 unspecified atom stereocenters. The second-order valence-corrected chi connectivity index (χ2v) is 12.8. The summed E-state index contributed by atoms with van der Waals surface area (Å²) < 4.78 is 0. The van der Waals surface area contributed by atoms with Crippen LogP contribution in [0.1, 0.15) is 27.8 Å². The summed E-state index contributed by atoms with van der Waals surface area (Å²) in [4.78, 5) is 3.19. The van der Waals surface area contributed by atoms with Gasteiger partial charge in [0.1, 0.15) is 0 Å². The van der Waals surface area contributed by atoms with Crippen LogP contribution in [0.25, 0.3) is 16.0 Å². The van der Waals surface area contributed by atoms with Crippen LogP contribution in [0, 0.1) is 6.92 Å². The number of rotatable bonds is 0. The van der Waals surface area contributed by atoms with Crippen LogP contribution in [0.15, 0.2) is 54.1 Å². The van der Waals surface area contributed by atoms with Crippen LogP contribution in [0.2, 0.25) is 13.1 Å². The van der Waals surface area contributed by atoms with Crippen LogP contribution in [-0.2, 0) is 26.2 Å². The van der Waals surface area contributed by atoms with Gasteiger partial charge < -0.3 is 0 Å². The third-order valence-corrected chi connectivity index (χ3v) is 10.6. The van der Waals surface area contributed by atoms with Gasteiger partial charge >= 0.3 is 0 Å². The van der Waals surface area contributed by atoms with Gasteiger partial charge in [0.05, 0.1) is 8.07 Å². The zero-order valence-corrected chi connectivity index (χ0v) is 18.4. The van der Waals surface area contributed by atoms with Crippen molar-refractivity contribution >= 4 is 35.4 Å². The third-order valence-electron chi connectivity index (χ3n) is 5.16. The zero-order chi connectivity index (χ0) is 15.5. The Hall–Kier alpha value is -0.630. The Kier molecular flexibility index (Phi) is 4.50. The second-order valence-electron chi connectivity index (χ2n) is 7.00. The molecule has 116 valence electrons. The molecule has 0 spiro atoms. The topological polar surface area (TPSA) is 0 Å². The summed E-state index contributed by atoms with van der Waals surface area (Å²) in [6, 6.07) is 17.1. The molecule has 2 aliphatic heterocycles. The molecule has 3 heterocycles. The van der Waals surface area contributed by atoms with Crippen LogP contribution in [0.4, 0.5) is 0 Å². The van der Waals surface area contributed by atoms with Crippen molar-refractivity contribution in [1.82, 2.24) is 0 Å². The van der Waals surface area contributed by atoms with Crippen molar-refractivity contribution in [3.05, 3.63) is 69.4 Å². The van der Waals surface area contributed by atoms with Gasteiger partial charge in [0.2, 0.25) is 0 Å². The van der Waals surface area contributed by atoms with Gasteiger partial charge in [-0.3, -0.25) is 0 Å². The number of allylic oxidation sites excluding steroid dienone is 1. The van der Waals surface area contributed by atoms with Crippen LogP contribution in [0.3, 0.4) is 0 Å². The second kappa shape index (κ2) is 6.02. The summed E-state index contributed by atoms with van der Waals surface area (Å²) in [7, 11) is -0.995. The van der Waals surface area contributed by atoms with Gasteiger partial charge in [0.15, 0.2) is 0 Å². The largest absolute Gasteiger partial charge is 0.168 e. The molecule has 0 nitrogen and oxygen atoms in total. The van der Waals surface area contributed by atoms with E-state index in [1.54, 1.807) is 21.2 Å². The van der Waals surface area contributed by atoms with E-state index in [2.05, 4.69) is 75.5 Å². The fourth-order valence-corrected chi connectivity index (χ4v) is 10.8. The van der Waals surface area contributed by atoms with Gasteiger partial charge in [-0.05, 0) is 25.5 Å². The van der Waals surface area contributed by atoms with Crippen LogP contribution in [-0.4, -0.2) is 8.07 Å². The average Bonchev–Trinajstić information content (AvgIpc) is 3.15. The summed E-state index contributed by atoms with van der Waals surface area (Å²) in [5, 5.41) is 4.44. The molecule has 0 saturated heterocycles. The number of hydrogen-bond acceptors (Lipinski definition) is 1. The molecule has 23 heavy (non-hydrogen) atoms. The SMILES string of the molecule is CC1=C2c3cc(C)sc3C1[Si]2(C)C.[Zr].c1ccc2[cH-]ccc2c1. The standard InChI is InChI=1S/C11H14SSi.C9H7.Zr/c1-6-5-8-9(12-6)11-7(2)10(8)13(11,3)4;1-2-5-9-7-3-6-8(9)4-1;/h5,11H,1-4H3;1-7H;/q;-1;. The van der Waals surface area contributed by atoms with Crippen molar-refractivity contribution in [1.29, 1.82) is 0 Å². The molecule has 0 amide bonds. The van der Waals surface area contributed by atoms with Gasteiger partial charge in [-0.25, -0.2) is 0 Å². The van der Waals surface area contributed by atoms with Gasteiger partial charge in [-0.1, -0.05) is 29.9 Å². The maximum absolute atomic E-state index is 2.52. The first kappa shape index (κ1) is 17.2. The van der Waals surface area contributed by atoms with E-state index in [0.29, 0.717) is 0 Å². The Morgan fingerprint density at radius 1 is 1.09 bits per heavy atom. The predicted molar refractivity (Wildman–Crippen MR) is 101 cm³/mol. The first-order valence-corrected chi connectivity index (χ1v) is 11.8. The Morgan fingerprint density at radius 2 is 1.83 bits per heavy atom. The first-order valence-electron chi connectivity index (χ1n) is 7.92. The third kappa shape index (κ3) is 2.52. The zero-order valence-electron chi connectivity index (χ0n) is 14.1. The molecule has 1 aromatic heterocycles. The smallest absolute Gasteiger partial charge is 0.0941 e. The van der Waals surface area contributed by atoms with Crippen LogP contribution < -0.4 is 0 Å². The maximum Gasteiger partial charge on any atom is 0.0941 e. The molecule has 0 N–H and O–H groups in total. The Bertz CT molecular complexity index is 867. The van der Waals surface area contributed by atoms with Crippen molar-refractivity contribution in [2.75, 3.05) is 0 Å². The average molecular weight is 413 g/mol. The van der Waals surface area contributed by atoms with Crippen LogP contribution >= 0.6 is 11.3 Å². The van der Waals surface area contributed by atoms with E-state index in [0.717, 1.165) is 5.54 Å². The van der Waals surface area contributed by atoms with Gasteiger partial charge in [0, 0.05) is 41.5 Å². The Balaban J connectivity index is 0.000000138. The summed E-state index contributed by atoms with van der Waals surface area (Å²) in [5.74, 6) is 0. The number of thiophene rings is 1. The molecular weight excluding hydrogens is 392 g/mol. The number of hydrogen-bond donors (Lipinski definition) is 0. The van der Waals surface area contributed by atoms with Gasteiger partial charge in [-0.2, -0.15) is 17.5 Å². The molecule has 1 aliphatic carbocycles. The van der Waals surface area contributed by atoms with Crippen molar-refractivity contribution in [3.8, 4) is 0 Å². The van der Waals surface area contributed by atoms with E-state index in [1.807, 2.05) is 11.3 Å². The van der Waals surface area contributed by atoms with E-state index < -0.39 is 8.07 Å². The van der Waals surface area contributed by atoms with E-state index in [9.17, 15) is 0 Å². The summed E-state index contributed by atoms with van der Waals surface area (Å²) >= 11 is 2.03. The van der Waals surface area contributed by atoms with Gasteiger partial charge in [0.25, 0.3) is 0 Å². The molecule has 0 fully saturated rings. The molecule has 1 atom stereocenters. The summed E-state index contributed by atoms with van der Waals surface area (Å²) in [6.45, 7) is 9.59. The van der Waals surface area contributed by atoms with Crippen molar-refractivity contribution in [3.63, 3.8) is 0 Å². The monoisotopic (exact) mass is 411 g/mol. The van der Waals surface area contributed by atoms with E-state index >= 15 is 0 Å². The molecule has 3 heteroatoms. The van der Waals surface area contributed by atoms with Crippen molar-refractivity contribution in [2.24, 2.45) is 0 Å². The maximum atomic E-state index is 2.52. The van der Waals surface area contributed by atoms with Crippen molar-refractivity contribution in [2.45, 2.75) is 32.5 Å². The minimum absolute atomic E-state index is 0. The van der Waals surface area contributed by atoms with Crippen LogP contribution in [0.5, 0.6) is 0 Å². The molecule has 0 saturated carbocycles. The number of fused-ring (bicyclic) bond motifs is 1. The van der Waals surface area contributed by atoms with E-state index in [-0.39, 0.29) is 26.2 Å². The minimum Gasteiger partial charge on any atom is -0.168 e. The minimum atomic E-state index is -0.995. The number of aryl methyl sites for hydroxylation is 1. The quantitative estimate of drug-likeness (QED) is 0.301. The normalized spacial score (nSPS) is 19.6. The molecule has 0 radical (unpaired) electrons. The molecule has 3 aromatic rings. The molecule has 2 bridgehead atoms. The predicted octanol–water partition coefficient (Wildman–Crippen LogP) is 6.28. The Morgan fingerprint density at radius 3 is 2.48 bits per heavy atom. The summed E-state index contributed by atoms with van der Waals surface area (Å²) in [6.07, 6.45) is 0.